The molecule has 1 N–H and O–H groups in total. The topological polar surface area (TPSA) is 32.3 Å². The van der Waals surface area contributed by atoms with Crippen LogP contribution in [0.4, 0.5) is 4.39 Å². The molecular weight excluding hydrogens is 303 g/mol. The second-order valence-corrected chi connectivity index (χ2v) is 6.77. The van der Waals surface area contributed by atoms with E-state index in [2.05, 4.69) is 34.5 Å². The van der Waals surface area contributed by atoms with Crippen LogP contribution in [0.2, 0.25) is 0 Å². The first-order valence-corrected chi connectivity index (χ1v) is 8.28. The van der Waals surface area contributed by atoms with Gasteiger partial charge in [0.15, 0.2) is 0 Å². The van der Waals surface area contributed by atoms with Crippen molar-refractivity contribution in [1.82, 2.24) is 10.2 Å². The average Bonchev–Trinajstić information content (AvgIpc) is 3.35. The number of rotatable bonds is 6. The number of carbonyl (C=O) groups excluding carboxylic acids is 1. The Morgan fingerprint density at radius 3 is 2.33 bits per heavy atom. The van der Waals surface area contributed by atoms with Gasteiger partial charge in [-0.3, -0.25) is 4.79 Å². The van der Waals surface area contributed by atoms with Crippen LogP contribution in [0.1, 0.15) is 29.0 Å². The summed E-state index contributed by atoms with van der Waals surface area (Å²) >= 11 is 0. The van der Waals surface area contributed by atoms with E-state index >= 15 is 0 Å². The van der Waals surface area contributed by atoms with Crippen LogP contribution in [-0.4, -0.2) is 24.9 Å². The molecule has 0 aromatic heterocycles. The highest BCUT2D eigenvalue weighted by molar-refractivity contribution is 5.82. The maximum Gasteiger partial charge on any atom is 0.224 e. The molecule has 3 rings (SSSR count). The summed E-state index contributed by atoms with van der Waals surface area (Å²) in [4.78, 5) is 14.4. The van der Waals surface area contributed by atoms with Crippen LogP contribution in [0.15, 0.2) is 48.5 Å². The fourth-order valence-corrected chi connectivity index (χ4v) is 3.01. The smallest absolute Gasteiger partial charge is 0.224 e. The number of hydrogen-bond acceptors (Lipinski definition) is 2. The number of nitrogens with zero attached hydrogens (tertiary/aromatic N) is 1. The Kier molecular flexibility index (Phi) is 4.95. The summed E-state index contributed by atoms with van der Waals surface area (Å²) in [6.45, 7) is 1.46. The third kappa shape index (κ3) is 4.20. The van der Waals surface area contributed by atoms with Crippen molar-refractivity contribution in [3.63, 3.8) is 0 Å². The molecule has 0 aliphatic heterocycles. The van der Waals surface area contributed by atoms with Gasteiger partial charge < -0.3 is 10.2 Å². The molecule has 0 bridgehead atoms. The molecule has 1 saturated carbocycles. The third-order valence-electron chi connectivity index (χ3n) is 4.41. The normalized spacial score (nSPS) is 19.3. The zero-order valence-electron chi connectivity index (χ0n) is 14.1. The number of nitrogens with one attached hydrogen (secondary N) is 1. The zero-order chi connectivity index (χ0) is 17.1. The van der Waals surface area contributed by atoms with Crippen LogP contribution in [0, 0.1) is 11.7 Å². The lowest BCUT2D eigenvalue weighted by molar-refractivity contribution is -0.122. The lowest BCUT2D eigenvalue weighted by Gasteiger charge is -2.10. The van der Waals surface area contributed by atoms with Crippen LogP contribution >= 0.6 is 0 Å². The molecular formula is C20H23FN2O. The highest BCUT2D eigenvalue weighted by Crippen LogP contribution is 2.47. The molecule has 1 fully saturated rings. The molecule has 4 heteroatoms. The predicted octanol–water partition coefficient (Wildman–Crippen LogP) is 3.31. The average molecular weight is 326 g/mol. The van der Waals surface area contributed by atoms with Crippen LogP contribution in [-0.2, 0) is 17.9 Å². The lowest BCUT2D eigenvalue weighted by atomic mass is 10.1. The quantitative estimate of drug-likeness (QED) is 0.883. The second-order valence-electron chi connectivity index (χ2n) is 6.77. The summed E-state index contributed by atoms with van der Waals surface area (Å²) in [5.74, 6) is 0.0938. The van der Waals surface area contributed by atoms with E-state index < -0.39 is 0 Å². The molecule has 126 valence electrons. The fraction of sp³-hybridized carbons (Fsp3) is 0.350. The van der Waals surface area contributed by atoms with Crippen molar-refractivity contribution in [2.75, 3.05) is 14.1 Å². The number of hydrogen-bond donors (Lipinski definition) is 1. The fourth-order valence-electron chi connectivity index (χ4n) is 3.01. The summed E-state index contributed by atoms with van der Waals surface area (Å²) in [7, 11) is 4.09. The maximum absolute atomic E-state index is 13.0. The monoisotopic (exact) mass is 326 g/mol. The summed E-state index contributed by atoms with van der Waals surface area (Å²) in [6, 6.07) is 14.8. The number of halogens is 1. The molecule has 0 radical (unpaired) electrons. The summed E-state index contributed by atoms with van der Waals surface area (Å²) in [5.41, 5.74) is 3.41. The molecule has 0 spiro atoms. The number of amides is 1. The van der Waals surface area contributed by atoms with Gasteiger partial charge in [0.2, 0.25) is 5.91 Å². The molecule has 2 atom stereocenters. The molecule has 24 heavy (non-hydrogen) atoms. The van der Waals surface area contributed by atoms with Gasteiger partial charge in [0.1, 0.15) is 5.82 Å². The van der Waals surface area contributed by atoms with Gasteiger partial charge in [0.25, 0.3) is 0 Å². The van der Waals surface area contributed by atoms with Gasteiger partial charge in [-0.05, 0) is 55.3 Å². The first kappa shape index (κ1) is 16.7. The van der Waals surface area contributed by atoms with E-state index in [4.69, 9.17) is 0 Å². The Labute approximate surface area is 142 Å². The SMILES string of the molecule is CN(C)Cc1ccc(CNC(=O)C2CC2c2ccc(F)cc2)cc1. The van der Waals surface area contributed by atoms with Crippen molar-refractivity contribution in [2.45, 2.75) is 25.4 Å². The molecule has 2 aromatic carbocycles. The number of benzene rings is 2. The van der Waals surface area contributed by atoms with Crippen molar-refractivity contribution in [1.29, 1.82) is 0 Å². The van der Waals surface area contributed by atoms with Crippen molar-refractivity contribution in [3.8, 4) is 0 Å². The van der Waals surface area contributed by atoms with Crippen molar-refractivity contribution in [2.24, 2.45) is 5.92 Å². The number of carbonyl (C=O) groups is 1. The lowest BCUT2D eigenvalue weighted by Crippen LogP contribution is -2.24. The van der Waals surface area contributed by atoms with E-state index in [1.807, 2.05) is 14.1 Å². The summed E-state index contributed by atoms with van der Waals surface area (Å²) in [6.07, 6.45) is 0.846. The van der Waals surface area contributed by atoms with Gasteiger partial charge >= 0.3 is 0 Å². The molecule has 3 nitrogen and oxygen atoms in total. The van der Waals surface area contributed by atoms with Crippen LogP contribution in [0.3, 0.4) is 0 Å². The summed E-state index contributed by atoms with van der Waals surface area (Å²) < 4.78 is 13.0. The predicted molar refractivity (Wildman–Crippen MR) is 92.9 cm³/mol. The Morgan fingerprint density at radius 2 is 1.71 bits per heavy atom. The Balaban J connectivity index is 1.49. The standard InChI is InChI=1S/C20H23FN2O/c1-23(2)13-15-5-3-14(4-6-15)12-22-20(24)19-11-18(19)16-7-9-17(21)10-8-16/h3-10,18-19H,11-13H2,1-2H3,(H,22,24). The highest BCUT2D eigenvalue weighted by Gasteiger charge is 2.43. The van der Waals surface area contributed by atoms with Crippen LogP contribution in [0.25, 0.3) is 0 Å². The molecule has 2 unspecified atom stereocenters. The van der Waals surface area contributed by atoms with Crippen molar-refractivity contribution >= 4 is 5.91 Å². The first-order chi connectivity index (χ1) is 11.5. The highest BCUT2D eigenvalue weighted by atomic mass is 19.1. The molecule has 1 amide bonds. The van der Waals surface area contributed by atoms with E-state index in [-0.39, 0.29) is 23.6 Å². The van der Waals surface area contributed by atoms with Crippen LogP contribution < -0.4 is 5.32 Å². The van der Waals surface area contributed by atoms with Crippen molar-refractivity contribution in [3.05, 3.63) is 71.0 Å². The van der Waals surface area contributed by atoms with E-state index in [1.165, 1.54) is 17.7 Å². The minimum Gasteiger partial charge on any atom is -0.352 e. The van der Waals surface area contributed by atoms with Gasteiger partial charge in [-0.2, -0.15) is 0 Å². The van der Waals surface area contributed by atoms with Crippen molar-refractivity contribution < 1.29 is 9.18 Å². The van der Waals surface area contributed by atoms with E-state index in [0.29, 0.717) is 6.54 Å². The van der Waals surface area contributed by atoms with Gasteiger partial charge in [0, 0.05) is 19.0 Å². The van der Waals surface area contributed by atoms with E-state index in [1.54, 1.807) is 12.1 Å². The Hall–Kier alpha value is -2.20. The molecule has 0 saturated heterocycles. The molecule has 2 aromatic rings. The second kappa shape index (κ2) is 7.14. The Bertz CT molecular complexity index is 695. The maximum atomic E-state index is 13.0. The zero-order valence-corrected chi connectivity index (χ0v) is 14.1. The molecule has 1 aliphatic carbocycles. The van der Waals surface area contributed by atoms with Gasteiger partial charge in [-0.15, -0.1) is 0 Å². The minimum atomic E-state index is -0.238. The third-order valence-corrected chi connectivity index (χ3v) is 4.41. The van der Waals surface area contributed by atoms with Gasteiger partial charge in [-0.1, -0.05) is 36.4 Å². The van der Waals surface area contributed by atoms with E-state index in [0.717, 1.165) is 24.1 Å². The van der Waals surface area contributed by atoms with E-state index in [9.17, 15) is 9.18 Å². The molecule has 0 heterocycles. The first-order valence-electron chi connectivity index (χ1n) is 8.28. The Morgan fingerprint density at radius 1 is 1.08 bits per heavy atom. The summed E-state index contributed by atoms with van der Waals surface area (Å²) in [5, 5.41) is 3.01. The van der Waals surface area contributed by atoms with Gasteiger partial charge in [0.05, 0.1) is 0 Å². The van der Waals surface area contributed by atoms with Crippen LogP contribution in [0.5, 0.6) is 0 Å². The van der Waals surface area contributed by atoms with Gasteiger partial charge in [-0.25, -0.2) is 4.39 Å². The largest absolute Gasteiger partial charge is 0.352 e. The minimum absolute atomic E-state index is 0.0171. The molecule has 1 aliphatic rings.